The van der Waals surface area contributed by atoms with Crippen molar-refractivity contribution >= 4 is 20.6 Å². The van der Waals surface area contributed by atoms with E-state index in [1.165, 1.54) is 51.4 Å². The number of rotatable bonds is 25. The van der Waals surface area contributed by atoms with Crippen LogP contribution in [0.4, 0.5) is 0 Å². The Hall–Kier alpha value is -1.04. The molecule has 33 heavy (non-hydrogen) atoms. The number of unbranched alkanes of at least 4 members (excludes halogenated alkanes) is 14. The van der Waals surface area contributed by atoms with Gasteiger partial charge in [-0.1, -0.05) is 90.4 Å². The molecule has 1 atom stereocenters. The minimum absolute atomic E-state index is 0.0626. The maximum atomic E-state index is 12.0. The van der Waals surface area contributed by atoms with Gasteiger partial charge >= 0.3 is 20.6 Å². The average Bonchev–Trinajstić information content (AvgIpc) is 2.81. The van der Waals surface area contributed by atoms with Gasteiger partial charge in [0, 0.05) is 12.8 Å². The molecule has 0 aliphatic heterocycles. The lowest BCUT2D eigenvalue weighted by Gasteiger charge is -2.16. The molecule has 0 saturated carbocycles. The molecule has 8 heteroatoms. The van der Waals surface area contributed by atoms with Crippen LogP contribution in [0.1, 0.15) is 122 Å². The Labute approximate surface area is 203 Å². The molecule has 0 bridgehead atoms. The lowest BCUT2D eigenvalue weighted by atomic mass is 10.1. The van der Waals surface area contributed by atoms with E-state index in [0.29, 0.717) is 12.8 Å². The first-order valence-electron chi connectivity index (χ1n) is 13.1. The zero-order valence-electron chi connectivity index (χ0n) is 20.9. The maximum absolute atomic E-state index is 12.0. The minimum Gasteiger partial charge on any atom is -0.462 e. The normalized spacial score (nSPS) is 12.1. The summed E-state index contributed by atoms with van der Waals surface area (Å²) in [7, 11) is -0.489. The van der Waals surface area contributed by atoms with Crippen LogP contribution in [0.3, 0.4) is 0 Å². The second kappa shape index (κ2) is 25.6. The SMILES string of the molecule is CCCCCCCC(=O)O[C@H](COP=O)COC(=O)CCCCCCCCCCCCCN. The molecule has 0 heterocycles. The molecule has 7 nitrogen and oxygen atoms in total. The maximum Gasteiger partial charge on any atom is 0.327 e. The van der Waals surface area contributed by atoms with Gasteiger partial charge in [0.05, 0.1) is 0 Å². The number of hydrogen-bond donors (Lipinski definition) is 1. The predicted octanol–water partition coefficient (Wildman–Crippen LogP) is 6.67. The largest absolute Gasteiger partial charge is 0.462 e. The van der Waals surface area contributed by atoms with Crippen LogP contribution in [0.25, 0.3) is 0 Å². The molecule has 194 valence electrons. The van der Waals surface area contributed by atoms with Crippen molar-refractivity contribution in [2.24, 2.45) is 5.73 Å². The molecule has 0 unspecified atom stereocenters. The van der Waals surface area contributed by atoms with Crippen LogP contribution < -0.4 is 5.73 Å². The van der Waals surface area contributed by atoms with Gasteiger partial charge < -0.3 is 15.2 Å². The molecule has 0 aromatic rings. The van der Waals surface area contributed by atoms with Gasteiger partial charge in [-0.05, 0) is 25.8 Å². The molecule has 0 aliphatic rings. The highest BCUT2D eigenvalue weighted by Crippen LogP contribution is 2.13. The fourth-order valence-electron chi connectivity index (χ4n) is 3.61. The third-order valence-corrected chi connectivity index (χ3v) is 5.87. The summed E-state index contributed by atoms with van der Waals surface area (Å²) in [6.45, 7) is 2.81. The number of carbonyl (C=O) groups excluding carboxylic acids is 2. The summed E-state index contributed by atoms with van der Waals surface area (Å²) in [6.07, 6.45) is 18.2. The fourth-order valence-corrected chi connectivity index (χ4v) is 3.84. The summed E-state index contributed by atoms with van der Waals surface area (Å²) >= 11 is 0. The summed E-state index contributed by atoms with van der Waals surface area (Å²) < 4.78 is 26.0. The molecule has 0 aromatic carbocycles. The van der Waals surface area contributed by atoms with Gasteiger partial charge in [0.15, 0.2) is 6.10 Å². The first-order valence-corrected chi connectivity index (χ1v) is 13.9. The molecular formula is C25H48NO6P. The van der Waals surface area contributed by atoms with Crippen LogP contribution in [0.2, 0.25) is 0 Å². The molecule has 0 spiro atoms. The zero-order chi connectivity index (χ0) is 24.4. The van der Waals surface area contributed by atoms with Crippen LogP contribution >= 0.6 is 8.69 Å². The van der Waals surface area contributed by atoms with Gasteiger partial charge in [-0.15, -0.1) is 0 Å². The Morgan fingerprint density at radius 2 is 1.18 bits per heavy atom. The molecule has 0 aliphatic carbocycles. The minimum atomic E-state index is -0.728. The summed E-state index contributed by atoms with van der Waals surface area (Å²) in [5.41, 5.74) is 5.50. The van der Waals surface area contributed by atoms with Crippen molar-refractivity contribution in [2.45, 2.75) is 129 Å². The second-order valence-corrected chi connectivity index (χ2v) is 9.16. The van der Waals surface area contributed by atoms with Gasteiger partial charge in [-0.25, -0.2) is 4.57 Å². The van der Waals surface area contributed by atoms with E-state index in [9.17, 15) is 14.2 Å². The Balaban J connectivity index is 3.78. The van der Waals surface area contributed by atoms with E-state index >= 15 is 0 Å². The van der Waals surface area contributed by atoms with Crippen molar-refractivity contribution < 1.29 is 28.2 Å². The summed E-state index contributed by atoms with van der Waals surface area (Å²) in [6, 6.07) is 0. The molecule has 0 saturated heterocycles. The molecule has 0 amide bonds. The van der Waals surface area contributed by atoms with E-state index in [4.69, 9.17) is 19.7 Å². The second-order valence-electron chi connectivity index (χ2n) is 8.76. The fraction of sp³-hybridized carbons (Fsp3) is 0.920. The highest BCUT2D eigenvalue weighted by atomic mass is 31.1. The molecule has 2 N–H and O–H groups in total. The number of esters is 2. The first kappa shape index (κ1) is 32.0. The van der Waals surface area contributed by atoms with Crippen LogP contribution in [-0.2, 0) is 28.2 Å². The van der Waals surface area contributed by atoms with Crippen molar-refractivity contribution in [3.05, 3.63) is 0 Å². The Morgan fingerprint density at radius 3 is 1.70 bits per heavy atom. The quantitative estimate of drug-likeness (QED) is 0.0867. The smallest absolute Gasteiger partial charge is 0.327 e. The van der Waals surface area contributed by atoms with Gasteiger partial charge in [0.2, 0.25) is 0 Å². The van der Waals surface area contributed by atoms with E-state index in [0.717, 1.165) is 57.9 Å². The molecular weight excluding hydrogens is 441 g/mol. The third kappa shape index (κ3) is 23.9. The Bertz CT molecular complexity index is 478. The summed E-state index contributed by atoms with van der Waals surface area (Å²) in [5, 5.41) is 0. The van der Waals surface area contributed by atoms with Crippen LogP contribution in [0.15, 0.2) is 0 Å². The van der Waals surface area contributed by atoms with Crippen molar-refractivity contribution in [1.82, 2.24) is 0 Å². The standard InChI is InChI=1S/C25H48NO6P/c1-2-3-4-12-16-19-25(28)32-23(22-31-33-29)21-30-24(27)18-15-13-10-8-6-5-7-9-11-14-17-20-26/h23H,2-22,26H2,1H3/t23-/m0/s1. The molecule has 0 rings (SSSR count). The lowest BCUT2D eigenvalue weighted by Crippen LogP contribution is -2.28. The number of ether oxygens (including phenoxy) is 2. The summed E-state index contributed by atoms with van der Waals surface area (Å²) in [5.74, 6) is -0.637. The van der Waals surface area contributed by atoms with Crippen molar-refractivity contribution in [3.63, 3.8) is 0 Å². The van der Waals surface area contributed by atoms with Gasteiger partial charge in [-0.2, -0.15) is 0 Å². The highest BCUT2D eigenvalue weighted by molar-refractivity contribution is 7.17. The van der Waals surface area contributed by atoms with Crippen LogP contribution in [0.5, 0.6) is 0 Å². The van der Waals surface area contributed by atoms with E-state index in [1.807, 2.05) is 0 Å². The lowest BCUT2D eigenvalue weighted by molar-refractivity contribution is -0.160. The van der Waals surface area contributed by atoms with Gasteiger partial charge in [0.25, 0.3) is 0 Å². The first-order chi connectivity index (χ1) is 16.1. The monoisotopic (exact) mass is 489 g/mol. The highest BCUT2D eigenvalue weighted by Gasteiger charge is 2.17. The zero-order valence-corrected chi connectivity index (χ0v) is 21.8. The van der Waals surface area contributed by atoms with Gasteiger partial charge in [-0.3, -0.25) is 14.1 Å². The average molecular weight is 490 g/mol. The van der Waals surface area contributed by atoms with Gasteiger partial charge in [0.1, 0.15) is 13.2 Å². The van der Waals surface area contributed by atoms with E-state index < -0.39 is 14.8 Å². The number of nitrogens with two attached hydrogens (primary N) is 1. The number of carbonyl (C=O) groups is 2. The number of hydrogen-bond acceptors (Lipinski definition) is 7. The third-order valence-electron chi connectivity index (χ3n) is 5.61. The molecule has 0 radical (unpaired) electrons. The van der Waals surface area contributed by atoms with Crippen molar-refractivity contribution in [3.8, 4) is 0 Å². The summed E-state index contributed by atoms with van der Waals surface area (Å²) in [4.78, 5) is 24.0. The van der Waals surface area contributed by atoms with Crippen molar-refractivity contribution in [1.29, 1.82) is 0 Å². The Morgan fingerprint density at radius 1 is 0.697 bits per heavy atom. The van der Waals surface area contributed by atoms with E-state index in [1.54, 1.807) is 0 Å². The van der Waals surface area contributed by atoms with E-state index in [2.05, 4.69) is 6.92 Å². The van der Waals surface area contributed by atoms with Crippen LogP contribution in [0, 0.1) is 0 Å². The van der Waals surface area contributed by atoms with Crippen LogP contribution in [-0.4, -0.2) is 37.8 Å². The molecule has 0 aromatic heterocycles. The topological polar surface area (TPSA) is 105 Å². The predicted molar refractivity (Wildman–Crippen MR) is 132 cm³/mol. The van der Waals surface area contributed by atoms with Crippen molar-refractivity contribution in [2.75, 3.05) is 19.8 Å². The molecule has 0 fully saturated rings. The Kier molecular flexibility index (Phi) is 24.8. The van der Waals surface area contributed by atoms with E-state index in [-0.39, 0.29) is 25.2 Å².